The van der Waals surface area contributed by atoms with Crippen molar-refractivity contribution >= 4 is 5.91 Å². The predicted octanol–water partition coefficient (Wildman–Crippen LogP) is 1.01. The van der Waals surface area contributed by atoms with Crippen LogP contribution in [0.1, 0.15) is 34.1 Å². The summed E-state index contributed by atoms with van der Waals surface area (Å²) in [5.41, 5.74) is -0.475. The van der Waals surface area contributed by atoms with Crippen molar-refractivity contribution in [3.8, 4) is 0 Å². The van der Waals surface area contributed by atoms with Crippen LogP contribution in [0.25, 0.3) is 0 Å². The van der Waals surface area contributed by atoms with Crippen molar-refractivity contribution in [3.05, 3.63) is 0 Å². The minimum absolute atomic E-state index is 0.0981. The molecule has 1 saturated heterocycles. The molecule has 1 rings (SSSR count). The molecule has 0 aromatic heterocycles. The van der Waals surface area contributed by atoms with Crippen LogP contribution >= 0.6 is 0 Å². The van der Waals surface area contributed by atoms with Crippen LogP contribution in [-0.4, -0.2) is 48.7 Å². The molecule has 0 aromatic carbocycles. The van der Waals surface area contributed by atoms with Crippen LogP contribution in [0.3, 0.4) is 0 Å². The average molecular weight is 228 g/mol. The van der Waals surface area contributed by atoms with E-state index in [1.807, 2.05) is 18.7 Å². The molecule has 0 spiro atoms. The lowest BCUT2D eigenvalue weighted by Gasteiger charge is -2.43. The standard InChI is InChI=1S/C12H24N2O2/c1-11(2)9-13-6-7-14(11)10(15)8-12(3,4)16-5/h13H,6-9H2,1-5H3. The summed E-state index contributed by atoms with van der Waals surface area (Å²) in [5, 5.41) is 3.31. The minimum atomic E-state index is -0.377. The Kier molecular flexibility index (Phi) is 3.97. The summed E-state index contributed by atoms with van der Waals surface area (Å²) in [6.45, 7) is 10.6. The number of carbonyl (C=O) groups is 1. The SMILES string of the molecule is COC(C)(C)CC(=O)N1CCNCC1(C)C. The Hall–Kier alpha value is -0.610. The van der Waals surface area contributed by atoms with Crippen molar-refractivity contribution in [1.29, 1.82) is 0 Å². The van der Waals surface area contributed by atoms with Gasteiger partial charge in [0.05, 0.1) is 12.0 Å². The Morgan fingerprint density at radius 1 is 1.50 bits per heavy atom. The average Bonchev–Trinajstić information content (AvgIpc) is 2.16. The van der Waals surface area contributed by atoms with Crippen molar-refractivity contribution in [2.45, 2.75) is 45.3 Å². The molecule has 0 radical (unpaired) electrons. The Balaban J connectivity index is 2.66. The number of nitrogens with zero attached hydrogens (tertiary/aromatic N) is 1. The topological polar surface area (TPSA) is 41.6 Å². The van der Waals surface area contributed by atoms with Gasteiger partial charge in [-0.25, -0.2) is 0 Å². The van der Waals surface area contributed by atoms with Crippen LogP contribution in [0.4, 0.5) is 0 Å². The van der Waals surface area contributed by atoms with Gasteiger partial charge in [0.25, 0.3) is 0 Å². The molecule has 16 heavy (non-hydrogen) atoms. The lowest BCUT2D eigenvalue weighted by atomic mass is 9.97. The molecule has 1 fully saturated rings. The molecule has 0 aromatic rings. The zero-order valence-corrected chi connectivity index (χ0v) is 11.1. The van der Waals surface area contributed by atoms with Crippen molar-refractivity contribution in [2.75, 3.05) is 26.7 Å². The fourth-order valence-corrected chi connectivity index (χ4v) is 1.98. The predicted molar refractivity (Wildman–Crippen MR) is 64.4 cm³/mol. The van der Waals surface area contributed by atoms with Gasteiger partial charge in [-0.3, -0.25) is 4.79 Å². The second kappa shape index (κ2) is 4.72. The Morgan fingerprint density at radius 2 is 2.12 bits per heavy atom. The summed E-state index contributed by atoms with van der Waals surface area (Å²) in [5.74, 6) is 0.179. The van der Waals surface area contributed by atoms with E-state index in [0.717, 1.165) is 19.6 Å². The summed E-state index contributed by atoms with van der Waals surface area (Å²) in [6.07, 6.45) is 0.437. The zero-order chi connectivity index (χ0) is 12.4. The van der Waals surface area contributed by atoms with E-state index in [9.17, 15) is 4.79 Å². The molecule has 1 amide bonds. The van der Waals surface area contributed by atoms with Gasteiger partial charge in [0, 0.05) is 32.3 Å². The van der Waals surface area contributed by atoms with Gasteiger partial charge in [0.1, 0.15) is 0 Å². The van der Waals surface area contributed by atoms with E-state index in [1.54, 1.807) is 7.11 Å². The molecule has 0 unspecified atom stereocenters. The van der Waals surface area contributed by atoms with Gasteiger partial charge in [0.15, 0.2) is 0 Å². The van der Waals surface area contributed by atoms with Crippen LogP contribution in [0.5, 0.6) is 0 Å². The normalized spacial score (nSPS) is 20.9. The van der Waals surface area contributed by atoms with Gasteiger partial charge in [-0.05, 0) is 27.7 Å². The zero-order valence-electron chi connectivity index (χ0n) is 11.1. The van der Waals surface area contributed by atoms with E-state index in [-0.39, 0.29) is 17.0 Å². The fourth-order valence-electron chi connectivity index (χ4n) is 1.98. The van der Waals surface area contributed by atoms with E-state index >= 15 is 0 Å². The number of amides is 1. The van der Waals surface area contributed by atoms with Gasteiger partial charge in [-0.15, -0.1) is 0 Å². The molecular weight excluding hydrogens is 204 g/mol. The number of ether oxygens (including phenoxy) is 1. The van der Waals surface area contributed by atoms with Crippen molar-refractivity contribution < 1.29 is 9.53 Å². The summed E-state index contributed by atoms with van der Waals surface area (Å²) < 4.78 is 5.30. The Morgan fingerprint density at radius 3 is 2.62 bits per heavy atom. The van der Waals surface area contributed by atoms with E-state index in [4.69, 9.17) is 4.74 Å². The summed E-state index contributed by atoms with van der Waals surface area (Å²) in [7, 11) is 1.65. The monoisotopic (exact) mass is 228 g/mol. The van der Waals surface area contributed by atoms with Gasteiger partial charge in [-0.2, -0.15) is 0 Å². The van der Waals surface area contributed by atoms with Crippen LogP contribution < -0.4 is 5.32 Å². The van der Waals surface area contributed by atoms with Crippen LogP contribution in [0.15, 0.2) is 0 Å². The van der Waals surface area contributed by atoms with E-state index in [1.165, 1.54) is 0 Å². The maximum Gasteiger partial charge on any atom is 0.225 e. The Labute approximate surface area is 98.3 Å². The van der Waals surface area contributed by atoms with Crippen molar-refractivity contribution in [1.82, 2.24) is 10.2 Å². The number of methoxy groups -OCH3 is 1. The minimum Gasteiger partial charge on any atom is -0.378 e. The molecule has 0 atom stereocenters. The van der Waals surface area contributed by atoms with Crippen LogP contribution in [0.2, 0.25) is 0 Å². The number of rotatable bonds is 3. The van der Waals surface area contributed by atoms with Crippen molar-refractivity contribution in [2.24, 2.45) is 0 Å². The third kappa shape index (κ3) is 3.19. The lowest BCUT2D eigenvalue weighted by molar-refractivity contribution is -0.143. The molecule has 1 aliphatic rings. The first kappa shape index (κ1) is 13.5. The van der Waals surface area contributed by atoms with Crippen LogP contribution in [-0.2, 0) is 9.53 Å². The van der Waals surface area contributed by atoms with E-state index in [2.05, 4.69) is 19.2 Å². The largest absolute Gasteiger partial charge is 0.378 e. The van der Waals surface area contributed by atoms with Gasteiger partial charge in [-0.1, -0.05) is 0 Å². The Bertz CT molecular complexity index is 262. The molecule has 0 aliphatic carbocycles. The fraction of sp³-hybridized carbons (Fsp3) is 0.917. The number of nitrogens with one attached hydrogen (secondary N) is 1. The molecule has 0 saturated carbocycles. The molecule has 94 valence electrons. The highest BCUT2D eigenvalue weighted by molar-refractivity contribution is 5.78. The highest BCUT2D eigenvalue weighted by atomic mass is 16.5. The number of hydrogen-bond donors (Lipinski definition) is 1. The summed E-state index contributed by atoms with van der Waals surface area (Å²) in [4.78, 5) is 14.2. The van der Waals surface area contributed by atoms with Crippen LogP contribution in [0, 0.1) is 0 Å². The quantitative estimate of drug-likeness (QED) is 0.784. The summed E-state index contributed by atoms with van der Waals surface area (Å²) in [6, 6.07) is 0. The number of hydrogen-bond acceptors (Lipinski definition) is 3. The summed E-state index contributed by atoms with van der Waals surface area (Å²) >= 11 is 0. The molecule has 0 bridgehead atoms. The highest BCUT2D eigenvalue weighted by Gasteiger charge is 2.35. The van der Waals surface area contributed by atoms with Gasteiger partial charge in [0.2, 0.25) is 5.91 Å². The first-order chi connectivity index (χ1) is 7.28. The molecule has 1 N–H and O–H groups in total. The highest BCUT2D eigenvalue weighted by Crippen LogP contribution is 2.21. The van der Waals surface area contributed by atoms with Crippen molar-refractivity contribution in [3.63, 3.8) is 0 Å². The second-order valence-electron chi connectivity index (χ2n) is 5.68. The first-order valence-electron chi connectivity index (χ1n) is 5.85. The second-order valence-corrected chi connectivity index (χ2v) is 5.68. The van der Waals surface area contributed by atoms with E-state index < -0.39 is 0 Å². The van der Waals surface area contributed by atoms with E-state index in [0.29, 0.717) is 6.42 Å². The first-order valence-corrected chi connectivity index (χ1v) is 5.85. The smallest absolute Gasteiger partial charge is 0.225 e. The molecular formula is C12H24N2O2. The molecule has 4 heteroatoms. The van der Waals surface area contributed by atoms with Gasteiger partial charge < -0.3 is 15.0 Å². The lowest BCUT2D eigenvalue weighted by Crippen LogP contribution is -2.60. The number of piperazine rings is 1. The molecule has 1 heterocycles. The maximum absolute atomic E-state index is 12.2. The third-order valence-corrected chi connectivity index (χ3v) is 3.23. The molecule has 1 aliphatic heterocycles. The third-order valence-electron chi connectivity index (χ3n) is 3.23. The number of carbonyl (C=O) groups excluding carboxylic acids is 1. The maximum atomic E-state index is 12.2. The van der Waals surface area contributed by atoms with Gasteiger partial charge >= 0.3 is 0 Å². The molecule has 4 nitrogen and oxygen atoms in total.